The number of hydrogen-bond acceptors (Lipinski definition) is 3. The van der Waals surface area contributed by atoms with Crippen molar-refractivity contribution in [2.45, 2.75) is 18.7 Å². The van der Waals surface area contributed by atoms with Crippen LogP contribution in [-0.4, -0.2) is 18.2 Å². The van der Waals surface area contributed by atoms with Crippen LogP contribution in [0.3, 0.4) is 0 Å². The minimum atomic E-state index is -3.88. The Morgan fingerprint density at radius 1 is 1.04 bits per heavy atom. The van der Waals surface area contributed by atoms with Crippen LogP contribution < -0.4 is 5.14 Å². The number of benzene rings is 2. The molecule has 3 rings (SSSR count). The Hall–Kier alpha value is -2.88. The van der Waals surface area contributed by atoms with Crippen LogP contribution in [0.1, 0.15) is 12.5 Å². The molecule has 0 amide bonds. The van der Waals surface area contributed by atoms with Gasteiger partial charge in [-0.3, -0.25) is 0 Å². The van der Waals surface area contributed by atoms with E-state index >= 15 is 0 Å². The van der Waals surface area contributed by atoms with Gasteiger partial charge in [-0.05, 0) is 25.5 Å². The summed E-state index contributed by atoms with van der Waals surface area (Å²) in [6, 6.07) is 17.4. The van der Waals surface area contributed by atoms with E-state index < -0.39 is 10.0 Å². The molecule has 0 unspecified atom stereocenters. The van der Waals surface area contributed by atoms with Crippen molar-refractivity contribution < 1.29 is 8.42 Å². The van der Waals surface area contributed by atoms with Gasteiger partial charge in [0, 0.05) is 23.4 Å². The summed E-state index contributed by atoms with van der Waals surface area (Å²) in [5.74, 6) is 2.79. The molecule has 6 heteroatoms. The molecular formula is C19H17N3O2S. The summed E-state index contributed by atoms with van der Waals surface area (Å²) in [7, 11) is -3.88. The molecule has 2 aromatic carbocycles. The first-order valence-electron chi connectivity index (χ1n) is 7.62. The van der Waals surface area contributed by atoms with Crippen LogP contribution in [0.4, 0.5) is 0 Å². The molecule has 0 aliphatic heterocycles. The quantitative estimate of drug-likeness (QED) is 0.737. The highest BCUT2D eigenvalue weighted by Crippen LogP contribution is 2.34. The van der Waals surface area contributed by atoms with Gasteiger partial charge in [0.25, 0.3) is 0 Å². The van der Waals surface area contributed by atoms with Crippen molar-refractivity contribution in [1.29, 1.82) is 0 Å². The van der Waals surface area contributed by atoms with Crippen molar-refractivity contribution in [2.24, 2.45) is 5.14 Å². The topological polar surface area (TPSA) is 78.0 Å². The summed E-state index contributed by atoms with van der Waals surface area (Å²) < 4.78 is 25.4. The minimum Gasteiger partial charge on any atom is -0.225 e. The van der Waals surface area contributed by atoms with E-state index in [4.69, 9.17) is 5.14 Å². The molecule has 0 radical (unpaired) electrons. The molecule has 126 valence electrons. The van der Waals surface area contributed by atoms with E-state index in [1.807, 2.05) is 31.2 Å². The second-order valence-corrected chi connectivity index (χ2v) is 7.13. The molecule has 0 fully saturated rings. The number of aryl methyl sites for hydroxylation is 1. The predicted octanol–water partition coefficient (Wildman–Crippen LogP) is 3.00. The predicted molar refractivity (Wildman–Crippen MR) is 98.1 cm³/mol. The van der Waals surface area contributed by atoms with Crippen LogP contribution in [0.2, 0.25) is 0 Å². The van der Waals surface area contributed by atoms with Gasteiger partial charge in [-0.2, -0.15) is 9.78 Å². The first-order valence-corrected chi connectivity index (χ1v) is 9.16. The van der Waals surface area contributed by atoms with Gasteiger partial charge in [-0.25, -0.2) is 13.6 Å². The molecule has 0 atom stereocenters. The molecule has 0 bridgehead atoms. The van der Waals surface area contributed by atoms with E-state index in [1.165, 1.54) is 10.7 Å². The van der Waals surface area contributed by atoms with Crippen molar-refractivity contribution in [2.75, 3.05) is 0 Å². The van der Waals surface area contributed by atoms with Gasteiger partial charge in [0.05, 0.1) is 4.90 Å². The lowest BCUT2D eigenvalue weighted by molar-refractivity contribution is 0.598. The molecule has 0 aliphatic carbocycles. The van der Waals surface area contributed by atoms with Gasteiger partial charge < -0.3 is 0 Å². The molecule has 0 saturated heterocycles. The number of sulfonamides is 1. The number of aromatic nitrogens is 2. The van der Waals surface area contributed by atoms with Crippen molar-refractivity contribution in [1.82, 2.24) is 9.78 Å². The molecule has 0 spiro atoms. The summed E-state index contributed by atoms with van der Waals surface area (Å²) in [5, 5.41) is 9.84. The zero-order chi connectivity index (χ0) is 18.0. The average molecular weight is 351 g/mol. The van der Waals surface area contributed by atoms with Crippen LogP contribution >= 0.6 is 0 Å². The van der Waals surface area contributed by atoms with Crippen molar-refractivity contribution in [3.8, 4) is 34.3 Å². The summed E-state index contributed by atoms with van der Waals surface area (Å²) in [6.45, 7) is 3.72. The monoisotopic (exact) mass is 351 g/mol. The lowest BCUT2D eigenvalue weighted by Gasteiger charge is -2.08. The van der Waals surface area contributed by atoms with Crippen LogP contribution in [0.15, 0.2) is 59.6 Å². The maximum absolute atomic E-state index is 12.0. The number of nitrogens with zero attached hydrogens (tertiary/aromatic N) is 2. The standard InChI is InChI=1S/C19H17N3O2S/c1-3-12-22-13-17(15-10-8-14(2)9-11-15)19(21-22)16-6-4-5-7-18(16)25(20,23)24/h4-11,13H,1-2H3,(H2,20,23,24). The average Bonchev–Trinajstić information content (AvgIpc) is 2.99. The Bertz CT molecular complexity index is 1090. The van der Waals surface area contributed by atoms with E-state index in [1.54, 1.807) is 31.3 Å². The Kier molecular flexibility index (Phi) is 4.45. The van der Waals surface area contributed by atoms with Gasteiger partial charge in [0.2, 0.25) is 10.0 Å². The third-order valence-corrected chi connectivity index (χ3v) is 4.72. The summed E-state index contributed by atoms with van der Waals surface area (Å²) in [5.41, 5.74) is 3.83. The highest BCUT2D eigenvalue weighted by molar-refractivity contribution is 7.89. The van der Waals surface area contributed by atoms with Crippen LogP contribution in [-0.2, 0) is 10.0 Å². The summed E-state index contributed by atoms with van der Waals surface area (Å²) >= 11 is 0. The van der Waals surface area contributed by atoms with Crippen molar-refractivity contribution >= 4 is 10.0 Å². The van der Waals surface area contributed by atoms with E-state index in [0.29, 0.717) is 11.3 Å². The second kappa shape index (κ2) is 6.55. The molecule has 3 aromatic rings. The molecule has 1 aromatic heterocycles. The normalized spacial score (nSPS) is 11.0. The highest BCUT2D eigenvalue weighted by Gasteiger charge is 2.20. The largest absolute Gasteiger partial charge is 0.238 e. The van der Waals surface area contributed by atoms with Gasteiger partial charge >= 0.3 is 0 Å². The maximum Gasteiger partial charge on any atom is 0.238 e. The van der Waals surface area contributed by atoms with E-state index in [2.05, 4.69) is 17.1 Å². The Balaban J connectivity index is 2.30. The number of rotatable bonds is 3. The minimum absolute atomic E-state index is 0.0399. The number of nitrogens with two attached hydrogens (primary N) is 1. The Labute approximate surface area is 147 Å². The Morgan fingerprint density at radius 2 is 1.72 bits per heavy atom. The fourth-order valence-electron chi connectivity index (χ4n) is 2.60. The molecular weight excluding hydrogens is 334 g/mol. The lowest BCUT2D eigenvalue weighted by atomic mass is 10.0. The molecule has 2 N–H and O–H groups in total. The van der Waals surface area contributed by atoms with Gasteiger partial charge in [0.1, 0.15) is 5.69 Å². The van der Waals surface area contributed by atoms with Crippen LogP contribution in [0.25, 0.3) is 22.4 Å². The van der Waals surface area contributed by atoms with Crippen LogP contribution in [0, 0.1) is 18.9 Å². The van der Waals surface area contributed by atoms with Crippen LogP contribution in [0.5, 0.6) is 0 Å². The first kappa shape index (κ1) is 17.0. The first-order chi connectivity index (χ1) is 11.9. The second-order valence-electron chi connectivity index (χ2n) is 5.60. The molecule has 1 heterocycles. The smallest absolute Gasteiger partial charge is 0.225 e. The summed E-state index contributed by atoms with van der Waals surface area (Å²) in [4.78, 5) is 0.0399. The molecule has 25 heavy (non-hydrogen) atoms. The van der Waals surface area contributed by atoms with E-state index in [9.17, 15) is 8.42 Å². The third kappa shape index (κ3) is 3.48. The number of primary sulfonamides is 1. The SMILES string of the molecule is CC#Cn1cc(-c2ccc(C)cc2)c(-c2ccccc2S(N)(=O)=O)n1. The van der Waals surface area contributed by atoms with E-state index in [0.717, 1.165) is 16.7 Å². The van der Waals surface area contributed by atoms with Gasteiger partial charge in [0.15, 0.2) is 0 Å². The fourth-order valence-corrected chi connectivity index (χ4v) is 3.34. The lowest BCUT2D eigenvalue weighted by Crippen LogP contribution is -2.13. The molecule has 0 saturated carbocycles. The molecule has 5 nitrogen and oxygen atoms in total. The van der Waals surface area contributed by atoms with Gasteiger partial charge in [-0.1, -0.05) is 53.9 Å². The van der Waals surface area contributed by atoms with E-state index in [-0.39, 0.29) is 4.90 Å². The maximum atomic E-state index is 12.0. The zero-order valence-corrected chi connectivity index (χ0v) is 14.7. The van der Waals surface area contributed by atoms with Gasteiger partial charge in [-0.15, -0.1) is 0 Å². The number of hydrogen-bond donors (Lipinski definition) is 1. The summed E-state index contributed by atoms with van der Waals surface area (Å²) in [6.07, 6.45) is 1.79. The van der Waals surface area contributed by atoms with Crippen molar-refractivity contribution in [3.63, 3.8) is 0 Å². The fraction of sp³-hybridized carbons (Fsp3) is 0.105. The molecule has 0 aliphatic rings. The van der Waals surface area contributed by atoms with Crippen molar-refractivity contribution in [3.05, 3.63) is 60.3 Å². The Morgan fingerprint density at radius 3 is 2.36 bits per heavy atom. The third-order valence-electron chi connectivity index (χ3n) is 3.75. The zero-order valence-electron chi connectivity index (χ0n) is 13.9. The highest BCUT2D eigenvalue weighted by atomic mass is 32.2.